The highest BCUT2D eigenvalue weighted by molar-refractivity contribution is 6.26. The van der Waals surface area contributed by atoms with Gasteiger partial charge in [-0.15, -0.1) is 0 Å². The lowest BCUT2D eigenvalue weighted by Crippen LogP contribution is -1.94. The SMILES string of the molecule is c1ccc(-c2cccc3c(-c4c5ccccc5c(-c5cccc6ccccc56)c5ccccc45)ccc(-c4ccccc4)c23)cc1. The summed E-state index contributed by atoms with van der Waals surface area (Å²) in [7, 11) is 0. The van der Waals surface area contributed by atoms with Gasteiger partial charge in [0.2, 0.25) is 0 Å². The summed E-state index contributed by atoms with van der Waals surface area (Å²) in [6.45, 7) is 0. The van der Waals surface area contributed by atoms with Gasteiger partial charge in [0, 0.05) is 0 Å². The van der Waals surface area contributed by atoms with Crippen molar-refractivity contribution >= 4 is 43.1 Å². The van der Waals surface area contributed by atoms with Gasteiger partial charge < -0.3 is 0 Å². The van der Waals surface area contributed by atoms with Crippen LogP contribution in [0.2, 0.25) is 0 Å². The van der Waals surface area contributed by atoms with Gasteiger partial charge in [-0.1, -0.05) is 182 Å². The molecule has 0 fully saturated rings. The Morgan fingerprint density at radius 2 is 0.587 bits per heavy atom. The molecule has 0 spiro atoms. The Morgan fingerprint density at radius 1 is 0.217 bits per heavy atom. The zero-order valence-electron chi connectivity index (χ0n) is 25.3. The van der Waals surface area contributed by atoms with Crippen LogP contribution in [0.3, 0.4) is 0 Å². The molecule has 46 heavy (non-hydrogen) atoms. The molecule has 0 saturated heterocycles. The summed E-state index contributed by atoms with van der Waals surface area (Å²) in [6, 6.07) is 66.5. The number of fused-ring (bicyclic) bond motifs is 4. The molecular weight excluding hydrogens is 553 g/mol. The van der Waals surface area contributed by atoms with Crippen LogP contribution in [0.1, 0.15) is 0 Å². The lowest BCUT2D eigenvalue weighted by Gasteiger charge is -2.21. The highest BCUT2D eigenvalue weighted by Crippen LogP contribution is 2.48. The standard InChI is InChI=1S/C46H30/c1-3-15-32(16-4-1)35-26-14-28-42-43(30-29-36(44(35)42)33-17-5-2-6-18-33)46-40-24-11-9-22-38(40)45(39-23-10-12-25-41(39)46)37-27-13-20-31-19-7-8-21-34(31)37/h1-30H. The van der Waals surface area contributed by atoms with E-state index in [0.29, 0.717) is 0 Å². The Hall–Kier alpha value is -5.98. The molecule has 9 aromatic rings. The minimum Gasteiger partial charge on any atom is -0.0622 e. The van der Waals surface area contributed by atoms with Crippen LogP contribution in [-0.4, -0.2) is 0 Å². The van der Waals surface area contributed by atoms with E-state index in [9.17, 15) is 0 Å². The predicted octanol–water partition coefficient (Wildman–Crippen LogP) is 13.0. The molecule has 0 heteroatoms. The fourth-order valence-electron chi connectivity index (χ4n) is 7.49. The van der Waals surface area contributed by atoms with E-state index in [0.717, 1.165) is 0 Å². The highest BCUT2D eigenvalue weighted by atomic mass is 14.2. The molecule has 0 aliphatic heterocycles. The molecular formula is C46H30. The van der Waals surface area contributed by atoms with E-state index < -0.39 is 0 Å². The van der Waals surface area contributed by atoms with Crippen molar-refractivity contribution in [3.05, 3.63) is 182 Å². The molecule has 0 amide bonds. The van der Waals surface area contributed by atoms with Gasteiger partial charge in [-0.25, -0.2) is 0 Å². The molecule has 0 aliphatic rings. The van der Waals surface area contributed by atoms with Crippen LogP contribution in [0.4, 0.5) is 0 Å². The summed E-state index contributed by atoms with van der Waals surface area (Å²) in [5.74, 6) is 0. The third kappa shape index (κ3) is 4.15. The molecule has 0 radical (unpaired) electrons. The van der Waals surface area contributed by atoms with Crippen molar-refractivity contribution in [2.24, 2.45) is 0 Å². The molecule has 214 valence electrons. The van der Waals surface area contributed by atoms with Crippen molar-refractivity contribution < 1.29 is 0 Å². The Morgan fingerprint density at radius 3 is 1.17 bits per heavy atom. The van der Waals surface area contributed by atoms with Gasteiger partial charge in [0.25, 0.3) is 0 Å². The van der Waals surface area contributed by atoms with Gasteiger partial charge in [0.15, 0.2) is 0 Å². The molecule has 0 unspecified atom stereocenters. The van der Waals surface area contributed by atoms with Crippen molar-refractivity contribution in [2.75, 3.05) is 0 Å². The second-order valence-electron chi connectivity index (χ2n) is 12.0. The molecule has 0 aromatic heterocycles. The first-order valence-corrected chi connectivity index (χ1v) is 16.0. The van der Waals surface area contributed by atoms with Crippen molar-refractivity contribution in [1.29, 1.82) is 0 Å². The number of hydrogen-bond donors (Lipinski definition) is 0. The second-order valence-corrected chi connectivity index (χ2v) is 12.0. The maximum atomic E-state index is 2.35. The summed E-state index contributed by atoms with van der Waals surface area (Å²) in [5, 5.41) is 10.1. The molecule has 0 bridgehead atoms. The van der Waals surface area contributed by atoms with Gasteiger partial charge in [-0.3, -0.25) is 0 Å². The molecule has 0 saturated carbocycles. The van der Waals surface area contributed by atoms with E-state index in [-0.39, 0.29) is 0 Å². The molecule has 0 atom stereocenters. The van der Waals surface area contributed by atoms with Crippen molar-refractivity contribution in [1.82, 2.24) is 0 Å². The van der Waals surface area contributed by atoms with E-state index in [2.05, 4.69) is 182 Å². The quantitative estimate of drug-likeness (QED) is 0.181. The Balaban J connectivity index is 1.43. The molecule has 0 N–H and O–H groups in total. The molecule has 9 aromatic carbocycles. The van der Waals surface area contributed by atoms with E-state index in [1.807, 2.05) is 0 Å². The van der Waals surface area contributed by atoms with Crippen LogP contribution in [0.15, 0.2) is 182 Å². The topological polar surface area (TPSA) is 0 Å². The van der Waals surface area contributed by atoms with Crippen LogP contribution < -0.4 is 0 Å². The van der Waals surface area contributed by atoms with Crippen LogP contribution in [-0.2, 0) is 0 Å². The molecule has 9 rings (SSSR count). The monoisotopic (exact) mass is 582 g/mol. The Bertz CT molecular complexity index is 2450. The summed E-state index contributed by atoms with van der Waals surface area (Å²) in [4.78, 5) is 0. The summed E-state index contributed by atoms with van der Waals surface area (Å²) >= 11 is 0. The van der Waals surface area contributed by atoms with E-state index >= 15 is 0 Å². The van der Waals surface area contributed by atoms with Crippen molar-refractivity contribution in [2.45, 2.75) is 0 Å². The zero-order valence-corrected chi connectivity index (χ0v) is 25.3. The minimum absolute atomic E-state index is 1.23. The summed E-state index contributed by atoms with van der Waals surface area (Å²) < 4.78 is 0. The summed E-state index contributed by atoms with van der Waals surface area (Å²) in [6.07, 6.45) is 0. The maximum absolute atomic E-state index is 2.35. The van der Waals surface area contributed by atoms with Crippen molar-refractivity contribution in [3.63, 3.8) is 0 Å². The van der Waals surface area contributed by atoms with Gasteiger partial charge in [0.05, 0.1) is 0 Å². The highest BCUT2D eigenvalue weighted by Gasteiger charge is 2.21. The van der Waals surface area contributed by atoms with Gasteiger partial charge in [-0.2, -0.15) is 0 Å². The van der Waals surface area contributed by atoms with Gasteiger partial charge >= 0.3 is 0 Å². The van der Waals surface area contributed by atoms with Crippen molar-refractivity contribution in [3.8, 4) is 44.5 Å². The lowest BCUT2D eigenvalue weighted by atomic mass is 9.82. The Kier molecular flexibility index (Phi) is 6.25. The van der Waals surface area contributed by atoms with Crippen LogP contribution >= 0.6 is 0 Å². The first-order chi connectivity index (χ1) is 22.9. The lowest BCUT2D eigenvalue weighted by molar-refractivity contribution is 1.62. The van der Waals surface area contributed by atoms with E-state index in [4.69, 9.17) is 0 Å². The number of hydrogen-bond acceptors (Lipinski definition) is 0. The molecule has 0 heterocycles. The first kappa shape index (κ1) is 26.4. The average Bonchev–Trinajstić information content (AvgIpc) is 3.14. The maximum Gasteiger partial charge on any atom is -0.00201 e. The second kappa shape index (κ2) is 10.9. The van der Waals surface area contributed by atoms with Gasteiger partial charge in [0.1, 0.15) is 0 Å². The van der Waals surface area contributed by atoms with Crippen LogP contribution in [0, 0.1) is 0 Å². The molecule has 0 aliphatic carbocycles. The smallest absolute Gasteiger partial charge is 0.00201 e. The Labute approximate surface area is 268 Å². The average molecular weight is 583 g/mol. The van der Waals surface area contributed by atoms with Crippen LogP contribution in [0.25, 0.3) is 87.6 Å². The molecule has 0 nitrogen and oxygen atoms in total. The fraction of sp³-hybridized carbons (Fsp3) is 0. The van der Waals surface area contributed by atoms with Gasteiger partial charge in [-0.05, 0) is 87.6 Å². The summed E-state index contributed by atoms with van der Waals surface area (Å²) in [5.41, 5.74) is 10.1. The predicted molar refractivity (Wildman–Crippen MR) is 198 cm³/mol. The zero-order chi connectivity index (χ0) is 30.5. The fourth-order valence-corrected chi connectivity index (χ4v) is 7.49. The van der Waals surface area contributed by atoms with E-state index in [1.54, 1.807) is 0 Å². The third-order valence-corrected chi connectivity index (χ3v) is 9.47. The van der Waals surface area contributed by atoms with E-state index in [1.165, 1.54) is 87.6 Å². The first-order valence-electron chi connectivity index (χ1n) is 16.0. The minimum atomic E-state index is 1.23. The number of benzene rings is 9. The normalized spacial score (nSPS) is 11.5. The third-order valence-electron chi connectivity index (χ3n) is 9.47. The van der Waals surface area contributed by atoms with Crippen LogP contribution in [0.5, 0.6) is 0 Å². The largest absolute Gasteiger partial charge is 0.0622 e. The number of rotatable bonds is 4.